The van der Waals surface area contributed by atoms with Crippen LogP contribution < -0.4 is 0 Å². The van der Waals surface area contributed by atoms with Gasteiger partial charge < -0.3 is 4.90 Å². The van der Waals surface area contributed by atoms with E-state index in [1.54, 1.807) is 24.5 Å². The summed E-state index contributed by atoms with van der Waals surface area (Å²) in [6, 6.07) is 29.9. The number of fused-ring (bicyclic) bond motifs is 1. The van der Waals surface area contributed by atoms with E-state index in [4.69, 9.17) is 0 Å². The molecular weight excluding hydrogens is 490 g/mol. The zero-order valence-corrected chi connectivity index (χ0v) is 21.4. The van der Waals surface area contributed by atoms with Crippen LogP contribution in [0, 0.1) is 17.6 Å². The van der Waals surface area contributed by atoms with Gasteiger partial charge in [0, 0.05) is 31.4 Å². The fourth-order valence-corrected chi connectivity index (χ4v) is 5.87. The molecule has 194 valence electrons. The van der Waals surface area contributed by atoms with E-state index in [1.165, 1.54) is 34.5 Å². The lowest BCUT2D eigenvalue weighted by molar-refractivity contribution is -0.129. The van der Waals surface area contributed by atoms with Gasteiger partial charge in [-0.05, 0) is 69.6 Å². The molecule has 2 heterocycles. The predicted octanol–water partition coefficient (Wildman–Crippen LogP) is 7.21. The summed E-state index contributed by atoms with van der Waals surface area (Å²) in [5.74, 6) is -0.759. The molecule has 39 heavy (non-hydrogen) atoms. The summed E-state index contributed by atoms with van der Waals surface area (Å²) in [7, 11) is 0. The molecule has 0 radical (unpaired) electrons. The largest absolute Gasteiger partial charge is 0.341 e. The number of rotatable bonds is 6. The maximum absolute atomic E-state index is 14.4. The fourth-order valence-electron chi connectivity index (χ4n) is 5.87. The summed E-state index contributed by atoms with van der Waals surface area (Å²) >= 11 is 0. The van der Waals surface area contributed by atoms with Gasteiger partial charge in [-0.15, -0.1) is 0 Å². The Hall–Kier alpha value is -4.38. The number of likely N-dealkylation sites (tertiary alicyclic amines) is 1. The van der Waals surface area contributed by atoms with Gasteiger partial charge in [-0.25, -0.2) is 8.78 Å². The van der Waals surface area contributed by atoms with Crippen molar-refractivity contribution in [2.45, 2.75) is 18.8 Å². The molecule has 6 rings (SSSR count). The van der Waals surface area contributed by atoms with Crippen LogP contribution in [0.1, 0.15) is 22.6 Å². The van der Waals surface area contributed by atoms with Crippen molar-refractivity contribution in [1.82, 2.24) is 9.88 Å². The predicted molar refractivity (Wildman–Crippen MR) is 150 cm³/mol. The lowest BCUT2D eigenvalue weighted by atomic mass is 9.83. The lowest BCUT2D eigenvalue weighted by Crippen LogP contribution is -2.30. The number of carbonyl (C=O) groups excluding carboxylic acids is 1. The summed E-state index contributed by atoms with van der Waals surface area (Å²) in [5, 5.41) is 2.43. The van der Waals surface area contributed by atoms with Gasteiger partial charge in [-0.2, -0.15) is 0 Å². The van der Waals surface area contributed by atoms with Crippen molar-refractivity contribution < 1.29 is 13.6 Å². The monoisotopic (exact) mass is 518 g/mol. The van der Waals surface area contributed by atoms with Crippen LogP contribution in [0.2, 0.25) is 0 Å². The number of hydrogen-bond acceptors (Lipinski definition) is 2. The van der Waals surface area contributed by atoms with Gasteiger partial charge in [0.25, 0.3) is 0 Å². The molecular formula is C34H28F2N2O. The number of halogens is 2. The van der Waals surface area contributed by atoms with Crippen molar-refractivity contribution in [2.24, 2.45) is 5.92 Å². The maximum Gasteiger partial charge on any atom is 0.227 e. The quantitative estimate of drug-likeness (QED) is 0.238. The second-order valence-corrected chi connectivity index (χ2v) is 10.3. The highest BCUT2D eigenvalue weighted by Crippen LogP contribution is 2.38. The Kier molecular flexibility index (Phi) is 6.89. The zero-order chi connectivity index (χ0) is 26.8. The SMILES string of the molecule is O=C(Cc1ccncc1)N1C[C@@H](Cc2cccc3ccccc23)[C@H](c2ccc(-c3c(F)cccc3F)cc2)C1. The molecule has 4 aromatic carbocycles. The minimum absolute atomic E-state index is 0.0167. The standard InChI is InChI=1S/C34H28F2N2O/c35-31-9-4-10-32(36)34(31)26-13-11-25(12-14-26)30-22-38(33(39)19-23-15-17-37-18-16-23)21-28(30)20-27-7-3-6-24-5-1-2-8-29(24)27/h1-18,28,30H,19-22H2/t28-,30+/m1/s1. The number of benzene rings is 4. The van der Waals surface area contributed by atoms with E-state index in [0.29, 0.717) is 25.1 Å². The fraction of sp³-hybridized carbons (Fsp3) is 0.176. The topological polar surface area (TPSA) is 33.2 Å². The molecule has 1 aliphatic heterocycles. The molecule has 1 amide bonds. The minimum atomic E-state index is -0.578. The molecule has 0 unspecified atom stereocenters. The number of amides is 1. The first kappa shape index (κ1) is 24.9. The lowest BCUT2D eigenvalue weighted by Gasteiger charge is -2.20. The first-order valence-electron chi connectivity index (χ1n) is 13.2. The second-order valence-electron chi connectivity index (χ2n) is 10.3. The highest BCUT2D eigenvalue weighted by molar-refractivity contribution is 5.85. The van der Waals surface area contributed by atoms with Crippen LogP contribution in [0.25, 0.3) is 21.9 Å². The molecule has 1 saturated heterocycles. The Bertz CT molecular complexity index is 1590. The van der Waals surface area contributed by atoms with E-state index in [2.05, 4.69) is 41.4 Å². The molecule has 5 heteroatoms. The molecule has 3 nitrogen and oxygen atoms in total. The number of aromatic nitrogens is 1. The maximum atomic E-state index is 14.4. The first-order chi connectivity index (χ1) is 19.1. The summed E-state index contributed by atoms with van der Waals surface area (Å²) in [4.78, 5) is 19.4. The Labute approximate surface area is 226 Å². The van der Waals surface area contributed by atoms with Crippen LogP contribution in [0.3, 0.4) is 0 Å². The van der Waals surface area contributed by atoms with Gasteiger partial charge in [0.1, 0.15) is 11.6 Å². The molecule has 0 N–H and O–H groups in total. The Morgan fingerprint density at radius 2 is 1.49 bits per heavy atom. The molecule has 1 aliphatic rings. The van der Waals surface area contributed by atoms with E-state index in [1.807, 2.05) is 35.2 Å². The third-order valence-electron chi connectivity index (χ3n) is 7.85. The summed E-state index contributed by atoms with van der Waals surface area (Å²) in [5.41, 5.74) is 3.76. The van der Waals surface area contributed by atoms with Crippen LogP contribution in [-0.2, 0) is 17.6 Å². The molecule has 2 atom stereocenters. The smallest absolute Gasteiger partial charge is 0.227 e. The summed E-state index contributed by atoms with van der Waals surface area (Å²) < 4.78 is 28.8. The van der Waals surface area contributed by atoms with Crippen LogP contribution in [0.5, 0.6) is 0 Å². The van der Waals surface area contributed by atoms with Crippen molar-refractivity contribution in [3.05, 3.63) is 138 Å². The second kappa shape index (κ2) is 10.8. The van der Waals surface area contributed by atoms with Gasteiger partial charge in [0.15, 0.2) is 0 Å². The Morgan fingerprint density at radius 3 is 2.26 bits per heavy atom. The van der Waals surface area contributed by atoms with Gasteiger partial charge in [-0.3, -0.25) is 9.78 Å². The van der Waals surface area contributed by atoms with Gasteiger partial charge in [0.2, 0.25) is 5.91 Å². The first-order valence-corrected chi connectivity index (χ1v) is 13.2. The highest BCUT2D eigenvalue weighted by atomic mass is 19.1. The van der Waals surface area contributed by atoms with Crippen molar-refractivity contribution in [2.75, 3.05) is 13.1 Å². The molecule has 5 aromatic rings. The summed E-state index contributed by atoms with van der Waals surface area (Å²) in [6.45, 7) is 1.26. The average Bonchev–Trinajstić information content (AvgIpc) is 3.38. The van der Waals surface area contributed by atoms with Crippen molar-refractivity contribution in [3.63, 3.8) is 0 Å². The third-order valence-corrected chi connectivity index (χ3v) is 7.85. The third kappa shape index (κ3) is 5.17. The molecule has 1 fully saturated rings. The van der Waals surface area contributed by atoms with E-state index in [-0.39, 0.29) is 23.3 Å². The van der Waals surface area contributed by atoms with Crippen LogP contribution in [0.4, 0.5) is 8.78 Å². The number of hydrogen-bond donors (Lipinski definition) is 0. The molecule has 0 bridgehead atoms. The average molecular weight is 519 g/mol. The van der Waals surface area contributed by atoms with Crippen molar-refractivity contribution >= 4 is 16.7 Å². The van der Waals surface area contributed by atoms with Crippen LogP contribution >= 0.6 is 0 Å². The molecule has 0 aliphatic carbocycles. The number of pyridine rings is 1. The normalized spacial score (nSPS) is 17.0. The van der Waals surface area contributed by atoms with Gasteiger partial charge >= 0.3 is 0 Å². The minimum Gasteiger partial charge on any atom is -0.341 e. The Balaban J connectivity index is 1.31. The van der Waals surface area contributed by atoms with E-state index >= 15 is 0 Å². The van der Waals surface area contributed by atoms with Gasteiger partial charge in [0.05, 0.1) is 12.0 Å². The number of carbonyl (C=O) groups is 1. The highest BCUT2D eigenvalue weighted by Gasteiger charge is 2.36. The summed E-state index contributed by atoms with van der Waals surface area (Å²) in [6.07, 6.45) is 4.58. The molecule has 1 aromatic heterocycles. The Morgan fingerprint density at radius 1 is 0.795 bits per heavy atom. The van der Waals surface area contributed by atoms with Crippen molar-refractivity contribution in [3.8, 4) is 11.1 Å². The van der Waals surface area contributed by atoms with E-state index in [0.717, 1.165) is 17.5 Å². The van der Waals surface area contributed by atoms with Gasteiger partial charge in [-0.1, -0.05) is 72.8 Å². The molecule has 0 spiro atoms. The van der Waals surface area contributed by atoms with Crippen LogP contribution in [-0.4, -0.2) is 28.9 Å². The van der Waals surface area contributed by atoms with E-state index in [9.17, 15) is 13.6 Å². The van der Waals surface area contributed by atoms with Crippen molar-refractivity contribution in [1.29, 1.82) is 0 Å². The van der Waals surface area contributed by atoms with Crippen LogP contribution in [0.15, 0.2) is 109 Å². The molecule has 0 saturated carbocycles. The zero-order valence-electron chi connectivity index (χ0n) is 21.4. The van der Waals surface area contributed by atoms with E-state index < -0.39 is 11.6 Å². The number of nitrogens with zero attached hydrogens (tertiary/aromatic N) is 2.